The monoisotopic (exact) mass is 406 g/mol. The highest BCUT2D eigenvalue weighted by Gasteiger charge is 2.22. The van der Waals surface area contributed by atoms with Gasteiger partial charge in [-0.3, -0.25) is 0 Å². The number of hydrogen-bond acceptors (Lipinski definition) is 1. The highest BCUT2D eigenvalue weighted by atomic mass is 79.9. The molecule has 0 spiro atoms. The van der Waals surface area contributed by atoms with Crippen LogP contribution in [0.15, 0.2) is 46.4 Å². The Morgan fingerprint density at radius 3 is 2.84 bits per heavy atom. The summed E-state index contributed by atoms with van der Waals surface area (Å²) in [4.78, 5) is 1.42. The third-order valence-electron chi connectivity index (χ3n) is 5.57. The summed E-state index contributed by atoms with van der Waals surface area (Å²) in [6.45, 7) is 4.55. The molecule has 2 aliphatic carbocycles. The van der Waals surface area contributed by atoms with Gasteiger partial charge in [0.25, 0.3) is 0 Å². The van der Waals surface area contributed by atoms with E-state index in [1.165, 1.54) is 54.3 Å². The maximum Gasteiger partial charge on any atom is 0.0836 e. The number of thioether (sulfide) groups is 1. The second kappa shape index (κ2) is 5.75. The van der Waals surface area contributed by atoms with Crippen molar-refractivity contribution in [1.29, 1.82) is 0 Å². The maximum atomic E-state index is 3.73. The number of hydrogen-bond donors (Lipinski definition) is 0. The summed E-state index contributed by atoms with van der Waals surface area (Å²) in [5.74, 6) is 0. The number of halogens is 1. The molecule has 0 nitrogen and oxygen atoms in total. The molecule has 124 valence electrons. The third-order valence-corrected chi connectivity index (χ3v) is 7.35. The first-order valence-corrected chi connectivity index (χ1v) is 10.5. The summed E-state index contributed by atoms with van der Waals surface area (Å²) in [5.41, 5.74) is 10.2. The van der Waals surface area contributed by atoms with Gasteiger partial charge in [-0.05, 0) is 76.6 Å². The van der Waals surface area contributed by atoms with Crippen LogP contribution in [0.3, 0.4) is 0 Å². The Morgan fingerprint density at radius 1 is 1.16 bits per heavy atom. The van der Waals surface area contributed by atoms with E-state index in [0.29, 0.717) is 4.16 Å². The van der Waals surface area contributed by atoms with Crippen LogP contribution in [0.1, 0.15) is 35.6 Å². The largest absolute Gasteiger partial charge is 0.106 e. The first-order chi connectivity index (χ1) is 12.1. The average molecular weight is 407 g/mol. The van der Waals surface area contributed by atoms with E-state index in [9.17, 15) is 0 Å². The second-order valence-electron chi connectivity index (χ2n) is 7.17. The van der Waals surface area contributed by atoms with Gasteiger partial charge in [-0.25, -0.2) is 0 Å². The molecule has 5 rings (SSSR count). The number of fused-ring (bicyclic) bond motifs is 3. The zero-order valence-electron chi connectivity index (χ0n) is 14.4. The topological polar surface area (TPSA) is 0 Å². The van der Waals surface area contributed by atoms with Crippen LogP contribution in [-0.4, -0.2) is 4.16 Å². The van der Waals surface area contributed by atoms with E-state index in [-0.39, 0.29) is 0 Å². The fourth-order valence-corrected chi connectivity index (χ4v) is 6.14. The SMILES string of the molecule is CC1=Cc2c(C)c3c(cc2=C1CC1=Cc2ccccc2C1)SC(Br)C=3. The molecule has 0 fully saturated rings. The van der Waals surface area contributed by atoms with Crippen molar-refractivity contribution >= 4 is 51.5 Å². The van der Waals surface area contributed by atoms with Gasteiger partial charge < -0.3 is 0 Å². The summed E-state index contributed by atoms with van der Waals surface area (Å²) in [6, 6.07) is 11.2. The van der Waals surface area contributed by atoms with Gasteiger partial charge in [-0.1, -0.05) is 64.0 Å². The Morgan fingerprint density at radius 2 is 2.00 bits per heavy atom. The predicted octanol–water partition coefficient (Wildman–Crippen LogP) is 5.20. The van der Waals surface area contributed by atoms with Crippen LogP contribution < -0.4 is 10.4 Å². The van der Waals surface area contributed by atoms with Crippen molar-refractivity contribution in [1.82, 2.24) is 0 Å². The lowest BCUT2D eigenvalue weighted by Gasteiger charge is -2.07. The highest BCUT2D eigenvalue weighted by Crippen LogP contribution is 2.35. The summed E-state index contributed by atoms with van der Waals surface area (Å²) in [6.07, 6.45) is 9.29. The molecule has 0 saturated heterocycles. The zero-order valence-corrected chi connectivity index (χ0v) is 16.8. The van der Waals surface area contributed by atoms with Crippen molar-refractivity contribution in [3.05, 3.63) is 74.2 Å². The fraction of sp³-hybridized carbons (Fsp3) is 0.217. The van der Waals surface area contributed by atoms with Gasteiger partial charge in [0.1, 0.15) is 0 Å². The third kappa shape index (κ3) is 2.50. The Bertz CT molecular complexity index is 1100. The Labute approximate surface area is 161 Å². The summed E-state index contributed by atoms with van der Waals surface area (Å²) >= 11 is 5.65. The summed E-state index contributed by atoms with van der Waals surface area (Å²) in [5, 5.41) is 2.87. The van der Waals surface area contributed by atoms with Gasteiger partial charge in [0.2, 0.25) is 0 Å². The van der Waals surface area contributed by atoms with Gasteiger partial charge in [0.05, 0.1) is 4.16 Å². The minimum Gasteiger partial charge on any atom is -0.106 e. The first-order valence-electron chi connectivity index (χ1n) is 8.75. The van der Waals surface area contributed by atoms with Crippen molar-refractivity contribution in [3.63, 3.8) is 0 Å². The van der Waals surface area contributed by atoms with Gasteiger partial charge >= 0.3 is 0 Å². The first kappa shape index (κ1) is 15.7. The molecule has 1 aliphatic heterocycles. The van der Waals surface area contributed by atoms with Crippen LogP contribution in [0.25, 0.3) is 23.8 Å². The molecule has 0 bridgehead atoms. The zero-order chi connectivity index (χ0) is 17.1. The normalized spacial score (nSPS) is 20.0. The molecule has 2 heteroatoms. The van der Waals surface area contributed by atoms with Gasteiger partial charge in [0, 0.05) is 4.90 Å². The van der Waals surface area contributed by atoms with Crippen LogP contribution >= 0.6 is 27.7 Å². The fourth-order valence-electron chi connectivity index (χ4n) is 4.29. The van der Waals surface area contributed by atoms with E-state index < -0.39 is 0 Å². The van der Waals surface area contributed by atoms with Crippen LogP contribution in [0, 0.1) is 6.92 Å². The Hall–Kier alpha value is -1.51. The van der Waals surface area contributed by atoms with E-state index in [2.05, 4.69) is 78.3 Å². The number of allylic oxidation sites excluding steroid dienone is 2. The lowest BCUT2D eigenvalue weighted by Crippen LogP contribution is -2.18. The molecule has 0 amide bonds. The number of alkyl halides is 1. The summed E-state index contributed by atoms with van der Waals surface area (Å²) < 4.78 is 0.407. The van der Waals surface area contributed by atoms with Crippen molar-refractivity contribution < 1.29 is 0 Å². The van der Waals surface area contributed by atoms with Crippen molar-refractivity contribution in [2.24, 2.45) is 0 Å². The maximum absolute atomic E-state index is 3.73. The molecule has 0 aromatic heterocycles. The molecule has 2 aromatic carbocycles. The molecule has 0 radical (unpaired) electrons. The molecule has 1 unspecified atom stereocenters. The molecule has 25 heavy (non-hydrogen) atoms. The van der Waals surface area contributed by atoms with Crippen LogP contribution in [0.5, 0.6) is 0 Å². The average Bonchev–Trinajstić information content (AvgIpc) is 3.25. The van der Waals surface area contributed by atoms with Gasteiger partial charge in [-0.15, -0.1) is 11.8 Å². The summed E-state index contributed by atoms with van der Waals surface area (Å²) in [7, 11) is 0. The van der Waals surface area contributed by atoms with E-state index in [1.54, 1.807) is 0 Å². The van der Waals surface area contributed by atoms with Crippen molar-refractivity contribution in [2.45, 2.75) is 35.7 Å². The molecular formula is C23H19BrS. The molecule has 1 heterocycles. The molecule has 0 saturated carbocycles. The Balaban J connectivity index is 1.61. The number of rotatable bonds is 2. The van der Waals surface area contributed by atoms with E-state index in [0.717, 1.165) is 12.8 Å². The smallest absolute Gasteiger partial charge is 0.0836 e. The standard InChI is InChI=1S/C23H19BrS/c1-13-7-19-14(2)20-12-23(24)25-22(20)11-21(19)18(13)10-15-8-16-5-3-4-6-17(16)9-15/h3-8,11-12,23H,9-10H2,1-2H3. The molecule has 2 aromatic rings. The van der Waals surface area contributed by atoms with Gasteiger partial charge in [-0.2, -0.15) is 0 Å². The van der Waals surface area contributed by atoms with E-state index in [4.69, 9.17) is 0 Å². The lowest BCUT2D eigenvalue weighted by atomic mass is 9.98. The predicted molar refractivity (Wildman–Crippen MR) is 113 cm³/mol. The second-order valence-corrected chi connectivity index (χ2v) is 9.95. The molecule has 1 atom stereocenters. The lowest BCUT2D eigenvalue weighted by molar-refractivity contribution is 1.11. The van der Waals surface area contributed by atoms with Crippen LogP contribution in [-0.2, 0) is 6.42 Å². The minimum absolute atomic E-state index is 0.407. The van der Waals surface area contributed by atoms with Crippen LogP contribution in [0.2, 0.25) is 0 Å². The molecule has 0 N–H and O–H groups in total. The van der Waals surface area contributed by atoms with Crippen molar-refractivity contribution in [2.75, 3.05) is 0 Å². The minimum atomic E-state index is 0.407. The van der Waals surface area contributed by atoms with Gasteiger partial charge in [0.15, 0.2) is 0 Å². The quantitative estimate of drug-likeness (QED) is 0.617. The van der Waals surface area contributed by atoms with E-state index >= 15 is 0 Å². The molecule has 3 aliphatic rings. The van der Waals surface area contributed by atoms with E-state index in [1.807, 2.05) is 11.8 Å². The highest BCUT2D eigenvalue weighted by molar-refractivity contribution is 9.11. The number of benzene rings is 2. The Kier molecular flexibility index (Phi) is 3.62. The van der Waals surface area contributed by atoms with Crippen LogP contribution in [0.4, 0.5) is 0 Å². The van der Waals surface area contributed by atoms with Crippen molar-refractivity contribution in [3.8, 4) is 0 Å². The molecular weight excluding hydrogens is 388 g/mol.